The summed E-state index contributed by atoms with van der Waals surface area (Å²) < 4.78 is 20.1. The molecule has 0 amide bonds. The average Bonchev–Trinajstić information content (AvgIpc) is 2.60. The van der Waals surface area contributed by atoms with E-state index in [1.54, 1.807) is 12.3 Å². The zero-order chi connectivity index (χ0) is 19.1. The van der Waals surface area contributed by atoms with Crippen LogP contribution in [0.25, 0.3) is 10.9 Å². The summed E-state index contributed by atoms with van der Waals surface area (Å²) in [5, 5.41) is 0.743. The molecule has 0 radical (unpaired) electrons. The third-order valence-corrected chi connectivity index (χ3v) is 4.89. The summed E-state index contributed by atoms with van der Waals surface area (Å²) in [6.07, 6.45) is 3.29. The van der Waals surface area contributed by atoms with Crippen molar-refractivity contribution in [1.82, 2.24) is 4.98 Å². The van der Waals surface area contributed by atoms with Crippen molar-refractivity contribution in [3.63, 3.8) is 0 Å². The lowest BCUT2D eigenvalue weighted by atomic mass is 9.82. The van der Waals surface area contributed by atoms with Gasteiger partial charge in [0.25, 0.3) is 0 Å². The van der Waals surface area contributed by atoms with Crippen LogP contribution in [0.4, 0.5) is 4.39 Å². The lowest BCUT2D eigenvalue weighted by Crippen LogP contribution is -2.44. The molecule has 1 atom stereocenters. The highest BCUT2D eigenvalue weighted by molar-refractivity contribution is 5.98. The Kier molecular flexibility index (Phi) is 4.22. The number of ether oxygens (including phenoxy) is 1. The van der Waals surface area contributed by atoms with Crippen LogP contribution in [0.2, 0.25) is 0 Å². The van der Waals surface area contributed by atoms with Crippen LogP contribution in [0.3, 0.4) is 0 Å². The van der Waals surface area contributed by atoms with Gasteiger partial charge in [-0.1, -0.05) is 42.5 Å². The van der Waals surface area contributed by atoms with Gasteiger partial charge < -0.3 is 4.74 Å². The lowest BCUT2D eigenvalue weighted by Gasteiger charge is -2.40. The van der Waals surface area contributed by atoms with E-state index in [1.807, 2.05) is 18.2 Å². The first kappa shape index (κ1) is 17.7. The number of fused-ring (bicyclic) bond motifs is 1. The molecule has 1 aliphatic heterocycles. The predicted octanol–water partition coefficient (Wildman–Crippen LogP) is 5.32. The fourth-order valence-corrected chi connectivity index (χ4v) is 4.02. The van der Waals surface area contributed by atoms with Crippen LogP contribution >= 0.6 is 0 Å². The molecule has 0 saturated carbocycles. The molecule has 3 aromatic rings. The number of nitrogens with zero attached hydrogens (tertiary/aromatic N) is 2. The Morgan fingerprint density at radius 2 is 1.81 bits per heavy atom. The summed E-state index contributed by atoms with van der Waals surface area (Å²) in [5.74, 6) is 0.253. The maximum absolute atomic E-state index is 13.9. The molecule has 0 spiro atoms. The minimum absolute atomic E-state index is 0.282. The number of hydrogen-bond donors (Lipinski definition) is 0. The molecular formula is C23H23FN2O. The molecule has 27 heavy (non-hydrogen) atoms. The van der Waals surface area contributed by atoms with Gasteiger partial charge in [-0.05, 0) is 44.9 Å². The highest BCUT2D eigenvalue weighted by Crippen LogP contribution is 2.36. The molecule has 0 N–H and O–H groups in total. The fraction of sp³-hybridized carbons (Fsp3) is 0.304. The van der Waals surface area contributed by atoms with Crippen molar-refractivity contribution in [3.05, 3.63) is 77.7 Å². The Balaban J connectivity index is 1.75. The van der Waals surface area contributed by atoms with Crippen LogP contribution in [0, 0.1) is 5.82 Å². The summed E-state index contributed by atoms with van der Waals surface area (Å²) in [6.45, 7) is 6.33. The monoisotopic (exact) mass is 362 g/mol. The zero-order valence-electron chi connectivity index (χ0n) is 15.9. The number of hydrogen-bond acceptors (Lipinski definition) is 3. The van der Waals surface area contributed by atoms with Crippen LogP contribution in [0.15, 0.2) is 65.8 Å². The SMILES string of the molecule is CC1(C)C[C@@](C)(Cc2ccccc2)N=C(c2cnc3c(F)cccc3c2)O1. The van der Waals surface area contributed by atoms with E-state index in [-0.39, 0.29) is 17.0 Å². The summed E-state index contributed by atoms with van der Waals surface area (Å²) in [5.41, 5.74) is 1.76. The largest absolute Gasteiger partial charge is 0.471 e. The van der Waals surface area contributed by atoms with Crippen molar-refractivity contribution < 1.29 is 9.13 Å². The fourth-order valence-electron chi connectivity index (χ4n) is 4.02. The van der Waals surface area contributed by atoms with Crippen molar-refractivity contribution in [2.45, 2.75) is 44.8 Å². The van der Waals surface area contributed by atoms with Gasteiger partial charge in [0.2, 0.25) is 5.90 Å². The van der Waals surface area contributed by atoms with Crippen LogP contribution < -0.4 is 0 Å². The van der Waals surface area contributed by atoms with Crippen LogP contribution in [0.1, 0.15) is 38.3 Å². The van der Waals surface area contributed by atoms with Crippen molar-refractivity contribution in [2.75, 3.05) is 0 Å². The van der Waals surface area contributed by atoms with Gasteiger partial charge in [0, 0.05) is 18.0 Å². The number of pyridine rings is 1. The Morgan fingerprint density at radius 3 is 2.59 bits per heavy atom. The predicted molar refractivity (Wildman–Crippen MR) is 107 cm³/mol. The second-order valence-corrected chi connectivity index (χ2v) is 8.15. The molecule has 2 aromatic carbocycles. The number of aromatic nitrogens is 1. The summed E-state index contributed by atoms with van der Waals surface area (Å²) in [6, 6.07) is 17.2. The minimum Gasteiger partial charge on any atom is -0.471 e. The molecule has 1 aromatic heterocycles. The van der Waals surface area contributed by atoms with Crippen molar-refractivity contribution in [2.24, 2.45) is 4.99 Å². The van der Waals surface area contributed by atoms with Crippen molar-refractivity contribution >= 4 is 16.8 Å². The van der Waals surface area contributed by atoms with Gasteiger partial charge in [-0.15, -0.1) is 0 Å². The smallest absolute Gasteiger partial charge is 0.218 e. The Hall–Kier alpha value is -2.75. The highest BCUT2D eigenvalue weighted by Gasteiger charge is 2.39. The van der Waals surface area contributed by atoms with Gasteiger partial charge >= 0.3 is 0 Å². The second kappa shape index (κ2) is 6.45. The topological polar surface area (TPSA) is 34.5 Å². The Labute approximate surface area is 158 Å². The molecule has 0 unspecified atom stereocenters. The number of rotatable bonds is 3. The van der Waals surface area contributed by atoms with Gasteiger partial charge in [0.1, 0.15) is 16.9 Å². The van der Waals surface area contributed by atoms with Gasteiger partial charge in [-0.25, -0.2) is 9.38 Å². The summed E-state index contributed by atoms with van der Waals surface area (Å²) in [7, 11) is 0. The van der Waals surface area contributed by atoms with Crippen molar-refractivity contribution in [1.29, 1.82) is 0 Å². The summed E-state index contributed by atoms with van der Waals surface area (Å²) in [4.78, 5) is 9.26. The van der Waals surface area contributed by atoms with E-state index < -0.39 is 0 Å². The summed E-state index contributed by atoms with van der Waals surface area (Å²) >= 11 is 0. The van der Waals surface area contributed by atoms with Crippen LogP contribution in [-0.4, -0.2) is 22.0 Å². The standard InChI is InChI=1S/C23H23FN2O/c1-22(2)15-23(3,13-16-8-5-4-6-9-16)26-21(27-22)18-12-17-10-7-11-19(24)20(17)25-14-18/h4-12,14H,13,15H2,1-3H3/t23-/m1/s1. The molecule has 0 saturated heterocycles. The first-order valence-electron chi connectivity index (χ1n) is 9.21. The first-order valence-corrected chi connectivity index (χ1v) is 9.21. The molecule has 4 rings (SSSR count). The van der Waals surface area contributed by atoms with E-state index in [1.165, 1.54) is 11.6 Å². The highest BCUT2D eigenvalue weighted by atomic mass is 19.1. The van der Waals surface area contributed by atoms with Crippen LogP contribution in [0.5, 0.6) is 0 Å². The average molecular weight is 362 g/mol. The number of para-hydroxylation sites is 1. The molecule has 4 heteroatoms. The minimum atomic E-state index is -0.350. The molecular weight excluding hydrogens is 339 g/mol. The van der Waals surface area contributed by atoms with Gasteiger partial charge in [-0.3, -0.25) is 4.98 Å². The van der Waals surface area contributed by atoms with Gasteiger partial charge in [0.05, 0.1) is 11.1 Å². The Bertz CT molecular complexity index is 1010. The normalized spacial score (nSPS) is 21.6. The maximum Gasteiger partial charge on any atom is 0.218 e. The van der Waals surface area contributed by atoms with E-state index >= 15 is 0 Å². The molecule has 1 aliphatic rings. The van der Waals surface area contributed by atoms with Gasteiger partial charge in [-0.2, -0.15) is 0 Å². The van der Waals surface area contributed by atoms with Crippen molar-refractivity contribution in [3.8, 4) is 0 Å². The van der Waals surface area contributed by atoms with E-state index in [0.717, 1.165) is 23.8 Å². The third-order valence-electron chi connectivity index (χ3n) is 4.89. The molecule has 138 valence electrons. The van der Waals surface area contributed by atoms with E-state index in [9.17, 15) is 4.39 Å². The molecule has 0 fully saturated rings. The first-order chi connectivity index (χ1) is 12.8. The third kappa shape index (κ3) is 3.70. The van der Waals surface area contributed by atoms with Crippen LogP contribution in [-0.2, 0) is 11.2 Å². The quantitative estimate of drug-likeness (QED) is 0.632. The zero-order valence-corrected chi connectivity index (χ0v) is 15.9. The molecule has 0 bridgehead atoms. The Morgan fingerprint density at radius 1 is 1.04 bits per heavy atom. The number of halogens is 1. The number of aliphatic imine (C=N–C) groups is 1. The van der Waals surface area contributed by atoms with Gasteiger partial charge in [0.15, 0.2) is 0 Å². The molecule has 0 aliphatic carbocycles. The van der Waals surface area contributed by atoms with E-state index in [2.05, 4.69) is 50.0 Å². The maximum atomic E-state index is 13.9. The van der Waals surface area contributed by atoms with E-state index in [4.69, 9.17) is 9.73 Å². The number of benzene rings is 2. The van der Waals surface area contributed by atoms with E-state index in [0.29, 0.717) is 11.4 Å². The lowest BCUT2D eigenvalue weighted by molar-refractivity contribution is 0.0431. The molecule has 2 heterocycles. The molecule has 3 nitrogen and oxygen atoms in total. The second-order valence-electron chi connectivity index (χ2n) is 8.15.